The molecule has 1 aliphatic carbocycles. The van der Waals surface area contributed by atoms with Gasteiger partial charge in [-0.15, -0.1) is 25.6 Å². The summed E-state index contributed by atoms with van der Waals surface area (Å²) >= 11 is 0. The predicted molar refractivity (Wildman–Crippen MR) is 59.9 cm³/mol. The highest BCUT2D eigenvalue weighted by atomic mass is 35.5. The Labute approximate surface area is 112 Å². The first-order valence-corrected chi connectivity index (χ1v) is 5.28. The smallest absolute Gasteiger partial charge is 0.403 e. The highest BCUT2D eigenvalue weighted by molar-refractivity contribution is 5.85. The number of benzene rings is 1. The molecular weight excluding hydrogens is 293 g/mol. The van der Waals surface area contributed by atoms with Crippen molar-refractivity contribution in [2.45, 2.75) is 25.2 Å². The summed E-state index contributed by atoms with van der Waals surface area (Å²) in [5, 5.41) is 0. The summed E-state index contributed by atoms with van der Waals surface area (Å²) in [7, 11) is 0. The fourth-order valence-electron chi connectivity index (χ4n) is 1.71. The standard InChI is InChI=1S/C11H10F5NO.ClH/c12-7-4-9(18-11(14,15)16)8(13)3-6(7)10(17)5-1-2-5;/h3-5,10H,1-2,17H2;1H/t10-;/m1./s1. The minimum Gasteiger partial charge on any atom is -0.403 e. The van der Waals surface area contributed by atoms with Gasteiger partial charge < -0.3 is 10.5 Å². The van der Waals surface area contributed by atoms with Crippen molar-refractivity contribution in [1.29, 1.82) is 0 Å². The van der Waals surface area contributed by atoms with Gasteiger partial charge in [-0.25, -0.2) is 8.78 Å². The second kappa shape index (κ2) is 5.50. The molecule has 0 amide bonds. The monoisotopic (exact) mass is 303 g/mol. The Hall–Kier alpha value is -1.08. The molecule has 2 N–H and O–H groups in total. The van der Waals surface area contributed by atoms with Crippen LogP contribution in [0.25, 0.3) is 0 Å². The summed E-state index contributed by atoms with van der Waals surface area (Å²) in [6.07, 6.45) is -3.44. The fraction of sp³-hybridized carbons (Fsp3) is 0.455. The van der Waals surface area contributed by atoms with Gasteiger partial charge in [0.05, 0.1) is 0 Å². The third kappa shape index (κ3) is 3.94. The Balaban J connectivity index is 0.00000180. The van der Waals surface area contributed by atoms with Crippen LogP contribution in [-0.2, 0) is 0 Å². The van der Waals surface area contributed by atoms with Crippen LogP contribution in [-0.4, -0.2) is 6.36 Å². The van der Waals surface area contributed by atoms with E-state index >= 15 is 0 Å². The summed E-state index contributed by atoms with van der Waals surface area (Å²) in [4.78, 5) is 0. The normalized spacial score (nSPS) is 16.7. The maximum absolute atomic E-state index is 13.5. The molecule has 108 valence electrons. The molecule has 0 saturated heterocycles. The predicted octanol–water partition coefficient (Wildman–Crippen LogP) is 3.70. The van der Waals surface area contributed by atoms with Gasteiger partial charge in [-0.05, 0) is 24.8 Å². The quantitative estimate of drug-likeness (QED) is 0.864. The first-order chi connectivity index (χ1) is 8.28. The Morgan fingerprint density at radius 1 is 1.16 bits per heavy atom. The van der Waals surface area contributed by atoms with E-state index in [1.807, 2.05) is 0 Å². The van der Waals surface area contributed by atoms with Crippen molar-refractivity contribution in [1.82, 2.24) is 0 Å². The number of hydrogen-bond donors (Lipinski definition) is 1. The van der Waals surface area contributed by atoms with E-state index in [0.29, 0.717) is 12.1 Å². The highest BCUT2D eigenvalue weighted by Crippen LogP contribution is 2.41. The van der Waals surface area contributed by atoms with Crippen LogP contribution in [0.1, 0.15) is 24.4 Å². The van der Waals surface area contributed by atoms with Gasteiger partial charge in [0.1, 0.15) is 5.82 Å². The van der Waals surface area contributed by atoms with Gasteiger partial charge >= 0.3 is 6.36 Å². The Bertz CT molecular complexity index is 461. The number of alkyl halides is 3. The van der Waals surface area contributed by atoms with Gasteiger partial charge in [-0.3, -0.25) is 0 Å². The molecule has 0 bridgehead atoms. The average Bonchev–Trinajstić information content (AvgIpc) is 3.03. The SMILES string of the molecule is Cl.N[C@@H](c1cc(F)c(OC(F)(F)F)cc1F)C1CC1. The molecule has 0 spiro atoms. The van der Waals surface area contributed by atoms with Crippen molar-refractivity contribution >= 4 is 12.4 Å². The van der Waals surface area contributed by atoms with Crippen molar-refractivity contribution in [3.63, 3.8) is 0 Å². The van der Waals surface area contributed by atoms with Crippen LogP contribution >= 0.6 is 12.4 Å². The lowest BCUT2D eigenvalue weighted by molar-refractivity contribution is -0.275. The van der Waals surface area contributed by atoms with Crippen molar-refractivity contribution in [3.05, 3.63) is 29.3 Å². The molecule has 1 aromatic rings. The van der Waals surface area contributed by atoms with Crippen molar-refractivity contribution in [2.24, 2.45) is 11.7 Å². The largest absolute Gasteiger partial charge is 0.573 e. The zero-order chi connectivity index (χ0) is 13.5. The van der Waals surface area contributed by atoms with E-state index in [2.05, 4.69) is 4.74 Å². The van der Waals surface area contributed by atoms with Gasteiger partial charge in [0.25, 0.3) is 0 Å². The second-order valence-electron chi connectivity index (χ2n) is 4.22. The number of rotatable bonds is 3. The number of hydrogen-bond acceptors (Lipinski definition) is 2. The van der Waals surface area contributed by atoms with Crippen molar-refractivity contribution in [3.8, 4) is 5.75 Å². The van der Waals surface area contributed by atoms with E-state index < -0.39 is 29.8 Å². The molecule has 1 atom stereocenters. The van der Waals surface area contributed by atoms with Crippen molar-refractivity contribution in [2.75, 3.05) is 0 Å². The molecule has 0 aromatic heterocycles. The number of ether oxygens (including phenoxy) is 1. The second-order valence-corrected chi connectivity index (χ2v) is 4.22. The van der Waals surface area contributed by atoms with Crippen LogP contribution in [0, 0.1) is 17.6 Å². The molecule has 0 unspecified atom stereocenters. The Morgan fingerprint density at radius 3 is 2.21 bits per heavy atom. The van der Waals surface area contributed by atoms with E-state index in [0.717, 1.165) is 12.8 Å². The Morgan fingerprint density at radius 2 is 1.74 bits per heavy atom. The van der Waals surface area contributed by atoms with E-state index in [1.165, 1.54) is 0 Å². The first-order valence-electron chi connectivity index (χ1n) is 5.28. The van der Waals surface area contributed by atoms with Crippen LogP contribution in [0.3, 0.4) is 0 Å². The lowest BCUT2D eigenvalue weighted by Crippen LogP contribution is -2.19. The third-order valence-corrected chi connectivity index (χ3v) is 2.77. The molecule has 2 nitrogen and oxygen atoms in total. The van der Waals surface area contributed by atoms with Crippen LogP contribution in [0.5, 0.6) is 5.75 Å². The van der Waals surface area contributed by atoms with Crippen LogP contribution < -0.4 is 10.5 Å². The van der Waals surface area contributed by atoms with Crippen LogP contribution in [0.15, 0.2) is 12.1 Å². The van der Waals surface area contributed by atoms with Crippen LogP contribution in [0.2, 0.25) is 0 Å². The fourth-order valence-corrected chi connectivity index (χ4v) is 1.71. The summed E-state index contributed by atoms with van der Waals surface area (Å²) in [6, 6.07) is 0.346. The minimum absolute atomic E-state index is 0. The summed E-state index contributed by atoms with van der Waals surface area (Å²) < 4.78 is 66.0. The minimum atomic E-state index is -5.06. The van der Waals surface area contributed by atoms with Crippen molar-refractivity contribution < 1.29 is 26.7 Å². The molecule has 0 heterocycles. The molecule has 1 fully saturated rings. The maximum Gasteiger partial charge on any atom is 0.573 e. The summed E-state index contributed by atoms with van der Waals surface area (Å²) in [6.45, 7) is 0. The Kier molecular flexibility index (Phi) is 4.63. The molecular formula is C11H11ClF5NO. The third-order valence-electron chi connectivity index (χ3n) is 2.77. The van der Waals surface area contributed by atoms with E-state index in [4.69, 9.17) is 5.73 Å². The summed E-state index contributed by atoms with van der Waals surface area (Å²) in [5.41, 5.74) is 5.56. The molecule has 0 radical (unpaired) electrons. The zero-order valence-electron chi connectivity index (χ0n) is 9.51. The first kappa shape index (κ1) is 16.0. The molecule has 1 aromatic carbocycles. The average molecular weight is 304 g/mol. The highest BCUT2D eigenvalue weighted by Gasteiger charge is 2.35. The topological polar surface area (TPSA) is 35.2 Å². The molecule has 19 heavy (non-hydrogen) atoms. The lowest BCUT2D eigenvalue weighted by Gasteiger charge is -2.15. The molecule has 0 aliphatic heterocycles. The van der Waals surface area contributed by atoms with E-state index in [-0.39, 0.29) is 23.9 Å². The molecule has 1 aliphatic rings. The number of nitrogens with two attached hydrogens (primary N) is 1. The van der Waals surface area contributed by atoms with E-state index in [1.54, 1.807) is 0 Å². The van der Waals surface area contributed by atoms with Gasteiger partial charge in [-0.2, -0.15) is 0 Å². The maximum atomic E-state index is 13.5. The van der Waals surface area contributed by atoms with E-state index in [9.17, 15) is 22.0 Å². The molecule has 8 heteroatoms. The van der Waals surface area contributed by atoms with Gasteiger partial charge in [-0.1, -0.05) is 0 Å². The van der Waals surface area contributed by atoms with Gasteiger partial charge in [0.15, 0.2) is 11.6 Å². The van der Waals surface area contributed by atoms with Gasteiger partial charge in [0.2, 0.25) is 0 Å². The summed E-state index contributed by atoms with van der Waals surface area (Å²) in [5.74, 6) is -3.39. The van der Waals surface area contributed by atoms with Crippen LogP contribution in [0.4, 0.5) is 22.0 Å². The molecule has 1 saturated carbocycles. The van der Waals surface area contributed by atoms with Gasteiger partial charge in [0, 0.05) is 17.7 Å². The molecule has 2 rings (SSSR count). The zero-order valence-corrected chi connectivity index (χ0v) is 10.3. The number of halogens is 6. The lowest BCUT2D eigenvalue weighted by atomic mass is 10.0.